The second kappa shape index (κ2) is 6.49. The number of benzene rings is 2. The molecular weight excluding hydrogens is 445 g/mol. The summed E-state index contributed by atoms with van der Waals surface area (Å²) in [5, 5.41) is 0.619. The van der Waals surface area contributed by atoms with E-state index in [1.165, 1.54) is 6.07 Å². The monoisotopic (exact) mass is 454 g/mol. The first-order chi connectivity index (χ1) is 9.02. The fourth-order valence-electron chi connectivity index (χ4n) is 1.79. The van der Waals surface area contributed by atoms with Gasteiger partial charge in [0.05, 0.1) is 11.1 Å². The van der Waals surface area contributed by atoms with E-state index in [0.717, 1.165) is 13.6 Å². The van der Waals surface area contributed by atoms with Crippen LogP contribution in [-0.4, -0.2) is 0 Å². The predicted octanol–water partition coefficient (Wildman–Crippen LogP) is 4.40. The molecule has 0 saturated heterocycles. The zero-order valence-corrected chi connectivity index (χ0v) is 14.1. The molecular formula is C13H10BrClFIN2. The lowest BCUT2D eigenvalue weighted by Gasteiger charge is -2.18. The molecule has 2 aromatic rings. The number of rotatable bonds is 3. The van der Waals surface area contributed by atoms with E-state index in [2.05, 4.69) is 43.9 Å². The van der Waals surface area contributed by atoms with Crippen LogP contribution in [0.25, 0.3) is 0 Å². The van der Waals surface area contributed by atoms with Crippen LogP contribution >= 0.6 is 50.1 Å². The van der Waals surface area contributed by atoms with Crippen molar-refractivity contribution in [3.8, 4) is 0 Å². The van der Waals surface area contributed by atoms with Gasteiger partial charge in [-0.05, 0) is 58.5 Å². The van der Waals surface area contributed by atoms with E-state index in [4.69, 9.17) is 17.4 Å². The lowest BCUT2D eigenvalue weighted by Crippen LogP contribution is -2.29. The molecule has 0 bridgehead atoms. The smallest absolute Gasteiger partial charge is 0.128 e. The van der Waals surface area contributed by atoms with Crippen LogP contribution in [-0.2, 0) is 0 Å². The maximum absolute atomic E-state index is 13.9. The Bertz CT molecular complexity index is 609. The highest BCUT2D eigenvalue weighted by Crippen LogP contribution is 2.29. The first-order valence-corrected chi connectivity index (χ1v) is 7.64. The second-order valence-corrected chi connectivity index (χ2v) is 6.42. The van der Waals surface area contributed by atoms with Crippen molar-refractivity contribution in [2.24, 2.45) is 5.84 Å². The predicted molar refractivity (Wildman–Crippen MR) is 87.4 cm³/mol. The van der Waals surface area contributed by atoms with Crippen LogP contribution in [0.3, 0.4) is 0 Å². The van der Waals surface area contributed by atoms with Gasteiger partial charge in [0.1, 0.15) is 5.82 Å². The van der Waals surface area contributed by atoms with Crippen molar-refractivity contribution in [1.82, 2.24) is 5.43 Å². The highest BCUT2D eigenvalue weighted by molar-refractivity contribution is 14.1. The molecule has 1 unspecified atom stereocenters. The Kier molecular flexibility index (Phi) is 5.19. The molecule has 0 aromatic heterocycles. The molecule has 19 heavy (non-hydrogen) atoms. The Morgan fingerprint density at radius 3 is 2.63 bits per heavy atom. The number of nitrogens with one attached hydrogen (secondary N) is 1. The van der Waals surface area contributed by atoms with Crippen LogP contribution in [0.15, 0.2) is 40.9 Å². The van der Waals surface area contributed by atoms with Gasteiger partial charge in [0.15, 0.2) is 0 Å². The average Bonchev–Trinajstić information content (AvgIpc) is 2.38. The molecule has 0 fully saturated rings. The molecule has 0 radical (unpaired) electrons. The third-order valence-electron chi connectivity index (χ3n) is 2.71. The number of hydrazine groups is 1. The minimum Gasteiger partial charge on any atom is -0.271 e. The van der Waals surface area contributed by atoms with Gasteiger partial charge in [-0.1, -0.05) is 33.6 Å². The van der Waals surface area contributed by atoms with Gasteiger partial charge in [-0.2, -0.15) is 0 Å². The quantitative estimate of drug-likeness (QED) is 0.409. The molecule has 0 spiro atoms. The third-order valence-corrected chi connectivity index (χ3v) is 4.78. The van der Waals surface area contributed by atoms with Crippen LogP contribution in [0.5, 0.6) is 0 Å². The summed E-state index contributed by atoms with van der Waals surface area (Å²) in [7, 11) is 0. The largest absolute Gasteiger partial charge is 0.271 e. The number of nitrogens with two attached hydrogens (primary N) is 1. The Balaban J connectivity index is 2.49. The van der Waals surface area contributed by atoms with Crippen LogP contribution < -0.4 is 11.3 Å². The van der Waals surface area contributed by atoms with Crippen LogP contribution in [0.1, 0.15) is 17.2 Å². The molecule has 0 aliphatic heterocycles. The summed E-state index contributed by atoms with van der Waals surface area (Å²) in [6.45, 7) is 0. The van der Waals surface area contributed by atoms with E-state index >= 15 is 0 Å². The van der Waals surface area contributed by atoms with Crippen molar-refractivity contribution >= 4 is 50.1 Å². The summed E-state index contributed by atoms with van der Waals surface area (Å²) in [6, 6.07) is 9.83. The van der Waals surface area contributed by atoms with Crippen LogP contribution in [0.2, 0.25) is 5.02 Å². The molecule has 1 atom stereocenters. The Labute approximate surface area is 137 Å². The summed E-state index contributed by atoms with van der Waals surface area (Å²) in [4.78, 5) is 0. The van der Waals surface area contributed by atoms with Gasteiger partial charge in [0.25, 0.3) is 0 Å². The topological polar surface area (TPSA) is 38.0 Å². The molecule has 0 amide bonds. The zero-order valence-electron chi connectivity index (χ0n) is 9.63. The van der Waals surface area contributed by atoms with Crippen LogP contribution in [0, 0.1) is 9.39 Å². The lowest BCUT2D eigenvalue weighted by atomic mass is 9.99. The SMILES string of the molecule is NNC(c1ccc(I)c(Cl)c1)c1cc(Br)ccc1F. The van der Waals surface area contributed by atoms with Gasteiger partial charge in [0, 0.05) is 13.6 Å². The minimum atomic E-state index is -0.452. The maximum atomic E-state index is 13.9. The fraction of sp³-hybridized carbons (Fsp3) is 0.0769. The summed E-state index contributed by atoms with van der Waals surface area (Å²) in [5.41, 5.74) is 3.90. The van der Waals surface area contributed by atoms with Gasteiger partial charge in [-0.15, -0.1) is 0 Å². The van der Waals surface area contributed by atoms with Crippen molar-refractivity contribution in [3.63, 3.8) is 0 Å². The van der Waals surface area contributed by atoms with Crippen LogP contribution in [0.4, 0.5) is 4.39 Å². The molecule has 0 saturated carbocycles. The van der Waals surface area contributed by atoms with Gasteiger partial charge in [0.2, 0.25) is 0 Å². The molecule has 3 N–H and O–H groups in total. The second-order valence-electron chi connectivity index (χ2n) is 3.94. The van der Waals surface area contributed by atoms with Gasteiger partial charge >= 0.3 is 0 Å². The van der Waals surface area contributed by atoms with E-state index in [-0.39, 0.29) is 5.82 Å². The first-order valence-electron chi connectivity index (χ1n) is 5.39. The molecule has 6 heteroatoms. The molecule has 2 aromatic carbocycles. The summed E-state index contributed by atoms with van der Waals surface area (Å²) >= 11 is 11.6. The molecule has 2 nitrogen and oxygen atoms in total. The summed E-state index contributed by atoms with van der Waals surface area (Å²) < 4.78 is 15.7. The number of halogens is 4. The molecule has 0 aliphatic rings. The van der Waals surface area contributed by atoms with Crippen molar-refractivity contribution in [3.05, 3.63) is 66.4 Å². The van der Waals surface area contributed by atoms with Gasteiger partial charge in [-0.3, -0.25) is 5.84 Å². The normalized spacial score (nSPS) is 12.5. The summed E-state index contributed by atoms with van der Waals surface area (Å²) in [6.07, 6.45) is 0. The van der Waals surface area contributed by atoms with Gasteiger partial charge in [-0.25, -0.2) is 9.82 Å². The zero-order chi connectivity index (χ0) is 14.0. The molecule has 0 heterocycles. The Morgan fingerprint density at radius 1 is 1.26 bits per heavy atom. The van der Waals surface area contributed by atoms with E-state index in [1.54, 1.807) is 18.2 Å². The molecule has 100 valence electrons. The van der Waals surface area contributed by atoms with E-state index in [0.29, 0.717) is 10.6 Å². The average molecular weight is 455 g/mol. The number of hydrogen-bond acceptors (Lipinski definition) is 2. The summed E-state index contributed by atoms with van der Waals surface area (Å²) in [5.74, 6) is 5.25. The van der Waals surface area contributed by atoms with Crippen molar-refractivity contribution in [2.75, 3.05) is 0 Å². The highest BCUT2D eigenvalue weighted by Gasteiger charge is 2.17. The molecule has 0 aliphatic carbocycles. The van der Waals surface area contributed by atoms with E-state index in [9.17, 15) is 4.39 Å². The van der Waals surface area contributed by atoms with E-state index in [1.807, 2.05) is 12.1 Å². The minimum absolute atomic E-state index is 0.319. The Morgan fingerprint density at radius 2 is 2.00 bits per heavy atom. The van der Waals surface area contributed by atoms with Crippen molar-refractivity contribution in [2.45, 2.75) is 6.04 Å². The number of hydrogen-bond donors (Lipinski definition) is 2. The standard InChI is InChI=1S/C13H10BrClFIN2/c14-8-2-3-11(16)9(6-8)13(19-18)7-1-4-12(17)10(15)5-7/h1-6,13,19H,18H2. The third kappa shape index (κ3) is 3.46. The van der Waals surface area contributed by atoms with Crippen molar-refractivity contribution < 1.29 is 4.39 Å². The van der Waals surface area contributed by atoms with E-state index < -0.39 is 6.04 Å². The highest BCUT2D eigenvalue weighted by atomic mass is 127. The lowest BCUT2D eigenvalue weighted by molar-refractivity contribution is 0.559. The Hall–Kier alpha value is -0.210. The maximum Gasteiger partial charge on any atom is 0.128 e. The fourth-order valence-corrected chi connectivity index (χ4v) is 2.70. The van der Waals surface area contributed by atoms with Crippen molar-refractivity contribution in [1.29, 1.82) is 0 Å². The first kappa shape index (κ1) is 15.2. The van der Waals surface area contributed by atoms with Gasteiger partial charge < -0.3 is 0 Å². The molecule has 2 rings (SSSR count).